The van der Waals surface area contributed by atoms with Gasteiger partial charge in [-0.3, -0.25) is 0 Å². The molecule has 0 nitrogen and oxygen atoms in total. The van der Waals surface area contributed by atoms with Crippen molar-refractivity contribution in [2.45, 2.75) is 24.2 Å². The number of rotatable bonds is 2. The number of hydrogen-bond acceptors (Lipinski definition) is 0. The minimum absolute atomic E-state index is 0. The second-order valence-corrected chi connectivity index (χ2v) is 2.53. The molecule has 0 fully saturated rings. The van der Waals surface area contributed by atoms with Crippen LogP contribution in [-0.4, -0.2) is 22.5 Å². The van der Waals surface area contributed by atoms with Crippen molar-refractivity contribution in [1.82, 2.24) is 0 Å². The van der Waals surface area contributed by atoms with Crippen molar-refractivity contribution in [1.29, 1.82) is 0 Å². The van der Waals surface area contributed by atoms with Gasteiger partial charge in [-0.2, -0.15) is 13.5 Å². The van der Waals surface area contributed by atoms with E-state index >= 15 is 0 Å². The van der Waals surface area contributed by atoms with Crippen LogP contribution in [0, 0.1) is 0 Å². The fraction of sp³-hybridized carbons (Fsp3) is 1.00. The predicted octanol–water partition coefficient (Wildman–Crippen LogP) is 1.49. The molecule has 0 N–H and O–H groups in total. The Morgan fingerprint density at radius 3 is 2.00 bits per heavy atom. The molecule has 0 heterocycles. The summed E-state index contributed by atoms with van der Waals surface area (Å²) < 4.78 is 1.43. The largest absolute Gasteiger partial charge is 0.197 e. The molecule has 6 heavy (non-hydrogen) atoms. The quantitative estimate of drug-likeness (QED) is 0.605. The van der Waals surface area contributed by atoms with Crippen LogP contribution in [-0.2, 0) is 0 Å². The molecule has 0 atom stereocenters. The van der Waals surface area contributed by atoms with Gasteiger partial charge < -0.3 is 0 Å². The van der Waals surface area contributed by atoms with Gasteiger partial charge in [0.25, 0.3) is 0 Å². The predicted molar refractivity (Wildman–Crippen MR) is 35.9 cm³/mol. The SMILES string of the molecule is CCC[CH2][Sn].S. The molecule has 0 aliphatic heterocycles. The van der Waals surface area contributed by atoms with Crippen LogP contribution in [0.2, 0.25) is 4.44 Å². The van der Waals surface area contributed by atoms with Gasteiger partial charge in [0, 0.05) is 0 Å². The Labute approximate surface area is 60.2 Å². The average Bonchev–Trinajstić information content (AvgIpc) is 1.41. The van der Waals surface area contributed by atoms with Crippen molar-refractivity contribution in [3.63, 3.8) is 0 Å². The minimum atomic E-state index is 0. The summed E-state index contributed by atoms with van der Waals surface area (Å²) in [6, 6.07) is 0. The Bertz CT molecular complexity index is 15.0. The average molecular weight is 210 g/mol. The minimum Gasteiger partial charge on any atom is -0.197 e. The molecule has 0 amide bonds. The van der Waals surface area contributed by atoms with Crippen molar-refractivity contribution in [2.75, 3.05) is 0 Å². The first-order chi connectivity index (χ1) is 2.41. The molecule has 37 valence electrons. The van der Waals surface area contributed by atoms with Gasteiger partial charge in [-0.05, 0) is 0 Å². The molecule has 0 unspecified atom stereocenters. The van der Waals surface area contributed by atoms with E-state index in [1.165, 1.54) is 17.3 Å². The van der Waals surface area contributed by atoms with Gasteiger partial charge >= 0.3 is 46.7 Å². The molecule has 2 heteroatoms. The molecular weight excluding hydrogens is 199 g/mol. The molecule has 3 radical (unpaired) electrons. The van der Waals surface area contributed by atoms with E-state index in [2.05, 4.69) is 6.92 Å². The van der Waals surface area contributed by atoms with Crippen molar-refractivity contribution in [3.8, 4) is 0 Å². The van der Waals surface area contributed by atoms with Crippen LogP contribution >= 0.6 is 13.5 Å². The second-order valence-electron chi connectivity index (χ2n) is 1.10. The molecule has 0 aromatic heterocycles. The smallest absolute Gasteiger partial charge is 0.197 e. The Balaban J connectivity index is 0. The van der Waals surface area contributed by atoms with Crippen LogP contribution in [0.4, 0.5) is 0 Å². The van der Waals surface area contributed by atoms with Gasteiger partial charge in [0.1, 0.15) is 0 Å². The first-order valence-electron chi connectivity index (χ1n) is 2.06. The number of hydrogen-bond donors (Lipinski definition) is 0. The van der Waals surface area contributed by atoms with Gasteiger partial charge in [-0.1, -0.05) is 0 Å². The summed E-state index contributed by atoms with van der Waals surface area (Å²) in [5.74, 6) is 0. The first-order valence-corrected chi connectivity index (χ1v) is 4.08. The molecule has 0 aromatic carbocycles. The third-order valence-electron chi connectivity index (χ3n) is 0.530. The van der Waals surface area contributed by atoms with Crippen LogP contribution in [0.1, 0.15) is 19.8 Å². The summed E-state index contributed by atoms with van der Waals surface area (Å²) in [6.07, 6.45) is 2.80. The zero-order valence-corrected chi connectivity index (χ0v) is 7.98. The van der Waals surface area contributed by atoms with Crippen LogP contribution in [0.15, 0.2) is 0 Å². The fourth-order valence-corrected chi connectivity index (χ4v) is 1.19. The Morgan fingerprint density at radius 2 is 2.00 bits per heavy atom. The topological polar surface area (TPSA) is 0 Å². The van der Waals surface area contributed by atoms with Gasteiger partial charge in [-0.15, -0.1) is 0 Å². The summed E-state index contributed by atoms with van der Waals surface area (Å²) in [7, 11) is 0. The molecule has 0 aliphatic rings. The van der Waals surface area contributed by atoms with Crippen molar-refractivity contribution >= 4 is 36.0 Å². The summed E-state index contributed by atoms with van der Waals surface area (Å²) in [4.78, 5) is 0. The van der Waals surface area contributed by atoms with Crippen LogP contribution in [0.25, 0.3) is 0 Å². The Kier molecular flexibility index (Phi) is 16.1. The van der Waals surface area contributed by atoms with Crippen LogP contribution in [0.3, 0.4) is 0 Å². The third-order valence-corrected chi connectivity index (χ3v) is 1.54. The molecule has 0 bridgehead atoms. The second kappa shape index (κ2) is 9.47. The zero-order chi connectivity index (χ0) is 4.12. The standard InChI is InChI=1S/C4H9.H2S.Sn/c1-3-4-2;;/h1,3-4H2,2H3;1H2;. The van der Waals surface area contributed by atoms with Gasteiger partial charge in [0.15, 0.2) is 0 Å². The molecule has 0 spiro atoms. The van der Waals surface area contributed by atoms with E-state index in [1.807, 2.05) is 0 Å². The molecule has 0 aliphatic carbocycles. The van der Waals surface area contributed by atoms with E-state index in [0.29, 0.717) is 0 Å². The third kappa shape index (κ3) is 8.94. The van der Waals surface area contributed by atoms with Crippen molar-refractivity contribution < 1.29 is 0 Å². The molecular formula is C4H11SSn. The van der Waals surface area contributed by atoms with E-state index in [9.17, 15) is 0 Å². The van der Waals surface area contributed by atoms with Crippen molar-refractivity contribution in [2.24, 2.45) is 0 Å². The van der Waals surface area contributed by atoms with Gasteiger partial charge in [0.05, 0.1) is 0 Å². The normalized spacial score (nSPS) is 7.00. The van der Waals surface area contributed by atoms with Gasteiger partial charge in [0.2, 0.25) is 0 Å². The first kappa shape index (κ1) is 10.2. The van der Waals surface area contributed by atoms with Crippen LogP contribution in [0.5, 0.6) is 0 Å². The molecule has 0 aromatic rings. The maximum Gasteiger partial charge on any atom is -0.197 e. The molecule has 0 saturated carbocycles. The van der Waals surface area contributed by atoms with E-state index in [4.69, 9.17) is 0 Å². The van der Waals surface area contributed by atoms with E-state index in [-0.39, 0.29) is 13.5 Å². The van der Waals surface area contributed by atoms with E-state index in [1.54, 1.807) is 22.5 Å². The number of unbranched alkanes of at least 4 members (excludes halogenated alkanes) is 1. The Morgan fingerprint density at radius 1 is 1.50 bits per heavy atom. The summed E-state index contributed by atoms with van der Waals surface area (Å²) in [5, 5.41) is 0. The van der Waals surface area contributed by atoms with E-state index < -0.39 is 0 Å². The van der Waals surface area contributed by atoms with E-state index in [0.717, 1.165) is 0 Å². The summed E-state index contributed by atoms with van der Waals surface area (Å²) in [6.45, 7) is 2.23. The summed E-state index contributed by atoms with van der Waals surface area (Å²) in [5.41, 5.74) is 0. The Hall–Kier alpha value is 1.15. The van der Waals surface area contributed by atoms with Crippen molar-refractivity contribution in [3.05, 3.63) is 0 Å². The molecule has 0 rings (SSSR count). The maximum absolute atomic E-state index is 2.23. The van der Waals surface area contributed by atoms with Crippen LogP contribution < -0.4 is 0 Å². The van der Waals surface area contributed by atoms with Gasteiger partial charge in [-0.25, -0.2) is 0 Å². The monoisotopic (exact) mass is 211 g/mol. The zero-order valence-electron chi connectivity index (χ0n) is 4.12. The maximum atomic E-state index is 2.23. The summed E-state index contributed by atoms with van der Waals surface area (Å²) >= 11 is 1.68. The fourth-order valence-electron chi connectivity index (χ4n) is 0.177. The molecule has 0 saturated heterocycles.